The van der Waals surface area contributed by atoms with E-state index < -0.39 is 52.9 Å². The zero-order valence-electron chi connectivity index (χ0n) is 15.8. The van der Waals surface area contributed by atoms with Crippen molar-refractivity contribution in [3.63, 3.8) is 0 Å². The number of nitrogens with zero attached hydrogens (tertiary/aromatic N) is 1. The molecular formula is C20H15F7N2O2. The van der Waals surface area contributed by atoms with Crippen molar-refractivity contribution in [2.45, 2.75) is 32.0 Å². The van der Waals surface area contributed by atoms with Crippen LogP contribution in [0, 0.1) is 23.3 Å². The minimum Gasteiger partial charge on any atom is -0.352 e. The highest BCUT2D eigenvalue weighted by Gasteiger charge is 2.42. The van der Waals surface area contributed by atoms with Crippen LogP contribution in [0.4, 0.5) is 36.4 Å². The largest absolute Gasteiger partial charge is 0.422 e. The van der Waals surface area contributed by atoms with Gasteiger partial charge in [-0.1, -0.05) is 12.1 Å². The van der Waals surface area contributed by atoms with E-state index in [9.17, 15) is 40.3 Å². The second-order valence-corrected chi connectivity index (χ2v) is 6.88. The van der Waals surface area contributed by atoms with E-state index in [1.54, 1.807) is 29.2 Å². The molecule has 1 aliphatic heterocycles. The molecule has 1 N–H and O–H groups in total. The van der Waals surface area contributed by atoms with E-state index in [0.29, 0.717) is 24.2 Å². The van der Waals surface area contributed by atoms with Gasteiger partial charge in [-0.25, -0.2) is 17.6 Å². The first-order chi connectivity index (χ1) is 14.5. The van der Waals surface area contributed by atoms with Crippen molar-refractivity contribution in [2.24, 2.45) is 0 Å². The number of halogens is 7. The fourth-order valence-corrected chi connectivity index (χ4v) is 3.22. The molecular weight excluding hydrogens is 433 g/mol. The zero-order valence-corrected chi connectivity index (χ0v) is 15.8. The Hall–Kier alpha value is -3.11. The van der Waals surface area contributed by atoms with Crippen LogP contribution >= 0.6 is 0 Å². The molecule has 31 heavy (non-hydrogen) atoms. The average Bonchev–Trinajstić information content (AvgIpc) is 3.13. The lowest BCUT2D eigenvalue weighted by molar-refractivity contribution is -0.143. The third kappa shape index (κ3) is 4.64. The summed E-state index contributed by atoms with van der Waals surface area (Å²) in [7, 11) is 0. The number of carbonyl (C=O) groups excluding carboxylic acids is 2. The molecule has 2 amide bonds. The van der Waals surface area contributed by atoms with Crippen LogP contribution in [0.3, 0.4) is 0 Å². The van der Waals surface area contributed by atoms with Crippen molar-refractivity contribution in [1.82, 2.24) is 5.32 Å². The van der Waals surface area contributed by atoms with Crippen LogP contribution in [-0.4, -0.2) is 18.4 Å². The topological polar surface area (TPSA) is 49.4 Å². The number of benzene rings is 2. The molecule has 0 aromatic heterocycles. The summed E-state index contributed by atoms with van der Waals surface area (Å²) >= 11 is 0. The molecule has 0 saturated carbocycles. The van der Waals surface area contributed by atoms with Gasteiger partial charge in [0.15, 0.2) is 23.3 Å². The Labute approximate surface area is 171 Å². The summed E-state index contributed by atoms with van der Waals surface area (Å²) in [5.74, 6) is -10.8. The number of hydrogen-bond donors (Lipinski definition) is 1. The van der Waals surface area contributed by atoms with E-state index in [0.717, 1.165) is 6.42 Å². The van der Waals surface area contributed by atoms with Crippen molar-refractivity contribution >= 4 is 17.5 Å². The normalized spacial score (nSPS) is 14.3. The van der Waals surface area contributed by atoms with Crippen molar-refractivity contribution in [2.75, 3.05) is 11.4 Å². The van der Waals surface area contributed by atoms with Gasteiger partial charge < -0.3 is 10.2 Å². The fourth-order valence-electron chi connectivity index (χ4n) is 3.22. The van der Waals surface area contributed by atoms with Crippen LogP contribution in [0.1, 0.15) is 29.5 Å². The highest BCUT2D eigenvalue weighted by atomic mass is 19.4. The Morgan fingerprint density at radius 2 is 1.55 bits per heavy atom. The summed E-state index contributed by atoms with van der Waals surface area (Å²) in [5, 5.41) is 2.26. The van der Waals surface area contributed by atoms with E-state index in [-0.39, 0.29) is 12.5 Å². The molecule has 2 aromatic rings. The van der Waals surface area contributed by atoms with Gasteiger partial charge in [-0.3, -0.25) is 9.59 Å². The Kier molecular flexibility index (Phi) is 6.23. The van der Waals surface area contributed by atoms with Gasteiger partial charge >= 0.3 is 6.18 Å². The quantitative estimate of drug-likeness (QED) is 0.550. The Bertz CT molecular complexity index is 991. The Balaban J connectivity index is 1.68. The zero-order chi connectivity index (χ0) is 22.9. The van der Waals surface area contributed by atoms with Gasteiger partial charge in [0.1, 0.15) is 5.56 Å². The Morgan fingerprint density at radius 1 is 0.968 bits per heavy atom. The third-order valence-corrected chi connectivity index (χ3v) is 4.79. The first-order valence-electron chi connectivity index (χ1n) is 9.08. The third-order valence-electron chi connectivity index (χ3n) is 4.79. The molecule has 4 nitrogen and oxygen atoms in total. The molecule has 1 fully saturated rings. The van der Waals surface area contributed by atoms with Crippen molar-refractivity contribution in [1.29, 1.82) is 0 Å². The van der Waals surface area contributed by atoms with Gasteiger partial charge in [-0.05, 0) is 24.1 Å². The average molecular weight is 448 g/mol. The summed E-state index contributed by atoms with van der Waals surface area (Å²) in [6, 6.07) is 6.48. The molecule has 11 heteroatoms. The van der Waals surface area contributed by atoms with Gasteiger partial charge in [0.05, 0.1) is 6.42 Å². The van der Waals surface area contributed by atoms with Gasteiger partial charge in [-0.2, -0.15) is 13.2 Å². The fraction of sp³-hybridized carbons (Fsp3) is 0.300. The van der Waals surface area contributed by atoms with Crippen LogP contribution in [0.2, 0.25) is 0 Å². The maximum atomic E-state index is 13.9. The highest BCUT2D eigenvalue weighted by molar-refractivity contribution is 5.95. The SMILES string of the molecule is O=C(Cc1c(F)c(F)c(C(F)(F)F)c(F)c1F)NCc1ccc(N2CCCC2=O)cc1. The molecule has 0 bridgehead atoms. The van der Waals surface area contributed by atoms with Crippen LogP contribution in [0.25, 0.3) is 0 Å². The number of rotatable bonds is 5. The van der Waals surface area contributed by atoms with Crippen molar-refractivity contribution in [3.8, 4) is 0 Å². The maximum Gasteiger partial charge on any atom is 0.422 e. The summed E-state index contributed by atoms with van der Waals surface area (Å²) in [4.78, 5) is 25.3. The van der Waals surface area contributed by atoms with Crippen molar-refractivity contribution < 1.29 is 40.3 Å². The molecule has 166 valence electrons. The first kappa shape index (κ1) is 22.6. The van der Waals surface area contributed by atoms with Crippen LogP contribution < -0.4 is 10.2 Å². The van der Waals surface area contributed by atoms with E-state index in [2.05, 4.69) is 5.32 Å². The van der Waals surface area contributed by atoms with Crippen LogP contribution in [-0.2, 0) is 28.7 Å². The minimum absolute atomic E-state index is 0.0129. The van der Waals surface area contributed by atoms with E-state index >= 15 is 0 Å². The van der Waals surface area contributed by atoms with E-state index in [4.69, 9.17) is 0 Å². The molecule has 0 aliphatic carbocycles. The van der Waals surface area contributed by atoms with Crippen LogP contribution in [0.5, 0.6) is 0 Å². The summed E-state index contributed by atoms with van der Waals surface area (Å²) in [5.41, 5.74) is -2.92. The smallest absolute Gasteiger partial charge is 0.352 e. The highest BCUT2D eigenvalue weighted by Crippen LogP contribution is 2.37. The number of hydrogen-bond acceptors (Lipinski definition) is 2. The first-order valence-corrected chi connectivity index (χ1v) is 9.08. The lowest BCUT2D eigenvalue weighted by Crippen LogP contribution is -2.27. The number of amides is 2. The van der Waals surface area contributed by atoms with Crippen LogP contribution in [0.15, 0.2) is 24.3 Å². The minimum atomic E-state index is -5.65. The number of alkyl halides is 3. The predicted molar refractivity (Wildman–Crippen MR) is 94.9 cm³/mol. The van der Waals surface area contributed by atoms with Crippen molar-refractivity contribution in [3.05, 3.63) is 64.2 Å². The molecule has 0 spiro atoms. The lowest BCUT2D eigenvalue weighted by atomic mass is 10.0. The van der Waals surface area contributed by atoms with Gasteiger partial charge in [0, 0.05) is 30.8 Å². The second-order valence-electron chi connectivity index (χ2n) is 6.88. The number of anilines is 1. The van der Waals surface area contributed by atoms with Gasteiger partial charge in [0.25, 0.3) is 0 Å². The summed E-state index contributed by atoms with van der Waals surface area (Å²) in [6.07, 6.45) is -5.66. The molecule has 0 unspecified atom stereocenters. The predicted octanol–water partition coefficient (Wildman–Crippen LogP) is 4.25. The molecule has 0 atom stereocenters. The molecule has 2 aromatic carbocycles. The Morgan fingerprint density at radius 3 is 2.03 bits per heavy atom. The van der Waals surface area contributed by atoms with Gasteiger partial charge in [-0.15, -0.1) is 0 Å². The molecule has 1 heterocycles. The monoisotopic (exact) mass is 448 g/mol. The molecule has 0 radical (unpaired) electrons. The molecule has 3 rings (SSSR count). The maximum absolute atomic E-state index is 13.9. The van der Waals surface area contributed by atoms with E-state index in [1.165, 1.54) is 0 Å². The standard InChI is InChI=1S/C20H15F7N2O2/c21-16-12(17(22)19(24)15(18(16)23)20(25,26)27)8-13(30)28-9-10-3-5-11(6-4-10)29-7-1-2-14(29)31/h3-6H,1-2,7-9H2,(H,28,30). The number of nitrogens with one attached hydrogen (secondary N) is 1. The molecule has 1 aliphatic rings. The van der Waals surface area contributed by atoms with Gasteiger partial charge in [0.2, 0.25) is 11.8 Å². The summed E-state index contributed by atoms with van der Waals surface area (Å²) in [6.45, 7) is 0.466. The molecule has 1 saturated heterocycles. The summed E-state index contributed by atoms with van der Waals surface area (Å²) < 4.78 is 92.9. The van der Waals surface area contributed by atoms with E-state index in [1.807, 2.05) is 0 Å². The number of carbonyl (C=O) groups is 2. The lowest BCUT2D eigenvalue weighted by Gasteiger charge is -2.16. The second kappa shape index (κ2) is 8.56.